The first-order valence-corrected chi connectivity index (χ1v) is 9.67. The molecule has 1 saturated heterocycles. The normalized spacial score (nSPS) is 17.2. The van der Waals surface area contributed by atoms with Crippen LogP contribution in [0.25, 0.3) is 0 Å². The molecule has 0 aliphatic carbocycles. The van der Waals surface area contributed by atoms with Crippen LogP contribution in [0.5, 0.6) is 0 Å². The quantitative estimate of drug-likeness (QED) is 0.847. The lowest BCUT2D eigenvalue weighted by Gasteiger charge is -2.39. The van der Waals surface area contributed by atoms with Gasteiger partial charge in [0.2, 0.25) is 5.91 Å². The van der Waals surface area contributed by atoms with Gasteiger partial charge in [-0.15, -0.1) is 12.4 Å². The summed E-state index contributed by atoms with van der Waals surface area (Å²) in [6.45, 7) is 5.66. The zero-order valence-electron chi connectivity index (χ0n) is 14.9. The summed E-state index contributed by atoms with van der Waals surface area (Å²) < 4.78 is 0. The molecule has 1 unspecified atom stereocenters. The third-order valence-electron chi connectivity index (χ3n) is 5.01. The highest BCUT2D eigenvalue weighted by Crippen LogP contribution is 2.49. The summed E-state index contributed by atoms with van der Waals surface area (Å²) in [4.78, 5) is 19.0. The Kier molecular flexibility index (Phi) is 5.80. The summed E-state index contributed by atoms with van der Waals surface area (Å²) in [5.74, 6) is -0.376. The van der Waals surface area contributed by atoms with Gasteiger partial charge in [0.25, 0.3) is 0 Å². The van der Waals surface area contributed by atoms with Crippen molar-refractivity contribution >= 4 is 41.5 Å². The Balaban J connectivity index is 0.00000196. The molecule has 4 nitrogen and oxygen atoms in total. The smallest absolute Gasteiger partial charge is 0.248 e. The molecule has 0 spiro atoms. The second-order valence-corrected chi connectivity index (χ2v) is 7.93. The number of amides is 1. The first kappa shape index (κ1) is 19.1. The number of hydrogen-bond donors (Lipinski definition) is 1. The van der Waals surface area contributed by atoms with Gasteiger partial charge in [0.15, 0.2) is 0 Å². The van der Waals surface area contributed by atoms with Gasteiger partial charge in [-0.25, -0.2) is 0 Å². The van der Waals surface area contributed by atoms with Gasteiger partial charge in [0, 0.05) is 27.9 Å². The summed E-state index contributed by atoms with van der Waals surface area (Å²) in [5.41, 5.74) is 8.39. The van der Waals surface area contributed by atoms with E-state index in [-0.39, 0.29) is 18.3 Å². The summed E-state index contributed by atoms with van der Waals surface area (Å²) in [6, 6.07) is 14.6. The molecule has 2 heterocycles. The molecule has 2 aliphatic heterocycles. The predicted molar refractivity (Wildman–Crippen MR) is 110 cm³/mol. The number of halogens is 1. The van der Waals surface area contributed by atoms with Crippen molar-refractivity contribution in [1.82, 2.24) is 4.90 Å². The van der Waals surface area contributed by atoms with Crippen molar-refractivity contribution < 1.29 is 4.79 Å². The molecule has 0 saturated carbocycles. The Morgan fingerprint density at radius 3 is 2.54 bits per heavy atom. The van der Waals surface area contributed by atoms with Crippen LogP contribution in [0, 0.1) is 0 Å². The number of carbonyl (C=O) groups is 1. The number of nitrogens with two attached hydrogens (primary N) is 1. The van der Waals surface area contributed by atoms with E-state index in [1.807, 2.05) is 18.2 Å². The fourth-order valence-corrected chi connectivity index (χ4v) is 4.88. The average molecular weight is 390 g/mol. The SMILES string of the molecule is CC(CN1CCCC1)N1c2ccccc2Sc2ccc(C(N)=O)cc21.Cl. The minimum Gasteiger partial charge on any atom is -0.366 e. The van der Waals surface area contributed by atoms with Crippen LogP contribution in [0.15, 0.2) is 52.3 Å². The van der Waals surface area contributed by atoms with E-state index >= 15 is 0 Å². The first-order chi connectivity index (χ1) is 12.1. The van der Waals surface area contributed by atoms with Crippen molar-refractivity contribution in [2.75, 3.05) is 24.5 Å². The van der Waals surface area contributed by atoms with Crippen molar-refractivity contribution in [1.29, 1.82) is 0 Å². The molecule has 26 heavy (non-hydrogen) atoms. The Morgan fingerprint density at radius 2 is 1.81 bits per heavy atom. The van der Waals surface area contributed by atoms with Crippen LogP contribution in [-0.2, 0) is 0 Å². The topological polar surface area (TPSA) is 49.6 Å². The van der Waals surface area contributed by atoms with Crippen LogP contribution < -0.4 is 10.6 Å². The number of para-hydroxylation sites is 1. The summed E-state index contributed by atoms with van der Waals surface area (Å²) >= 11 is 1.76. The molecule has 2 aromatic rings. The van der Waals surface area contributed by atoms with Crippen molar-refractivity contribution in [3.05, 3.63) is 48.0 Å². The highest BCUT2D eigenvalue weighted by molar-refractivity contribution is 7.99. The molecule has 138 valence electrons. The van der Waals surface area contributed by atoms with Crippen molar-refractivity contribution in [2.24, 2.45) is 5.73 Å². The number of nitrogens with zero attached hydrogens (tertiary/aromatic N) is 2. The molecule has 6 heteroatoms. The molecule has 0 bridgehead atoms. The molecular weight excluding hydrogens is 366 g/mol. The number of hydrogen-bond acceptors (Lipinski definition) is 4. The molecule has 2 aliphatic rings. The highest BCUT2D eigenvalue weighted by atomic mass is 35.5. The lowest BCUT2D eigenvalue weighted by atomic mass is 10.1. The van der Waals surface area contributed by atoms with E-state index in [9.17, 15) is 4.79 Å². The average Bonchev–Trinajstić information content (AvgIpc) is 3.11. The Labute approximate surface area is 165 Å². The molecule has 0 radical (unpaired) electrons. The van der Waals surface area contributed by atoms with Crippen molar-refractivity contribution in [3.8, 4) is 0 Å². The van der Waals surface area contributed by atoms with E-state index in [1.54, 1.807) is 11.8 Å². The fourth-order valence-electron chi connectivity index (χ4n) is 3.83. The lowest BCUT2D eigenvalue weighted by Crippen LogP contribution is -2.40. The van der Waals surface area contributed by atoms with Gasteiger partial charge in [-0.2, -0.15) is 0 Å². The Bertz CT molecular complexity index is 807. The third-order valence-corrected chi connectivity index (χ3v) is 6.14. The lowest BCUT2D eigenvalue weighted by molar-refractivity contribution is 0.1000. The minimum atomic E-state index is -0.376. The largest absolute Gasteiger partial charge is 0.366 e. The van der Waals surface area contributed by atoms with Gasteiger partial charge in [0.1, 0.15) is 0 Å². The van der Waals surface area contributed by atoms with Gasteiger partial charge in [-0.3, -0.25) is 4.79 Å². The molecule has 4 rings (SSSR count). The Morgan fingerprint density at radius 1 is 1.12 bits per heavy atom. The van der Waals surface area contributed by atoms with Gasteiger partial charge in [-0.1, -0.05) is 23.9 Å². The van der Waals surface area contributed by atoms with Crippen LogP contribution in [-0.4, -0.2) is 36.5 Å². The van der Waals surface area contributed by atoms with E-state index < -0.39 is 0 Å². The van der Waals surface area contributed by atoms with Crippen molar-refractivity contribution in [3.63, 3.8) is 0 Å². The number of likely N-dealkylation sites (tertiary alicyclic amines) is 1. The van der Waals surface area contributed by atoms with E-state index in [4.69, 9.17) is 5.73 Å². The van der Waals surface area contributed by atoms with Crippen LogP contribution in [0.1, 0.15) is 30.1 Å². The Hall–Kier alpha value is -1.69. The predicted octanol–water partition coefficient (Wildman–Crippen LogP) is 4.29. The van der Waals surface area contributed by atoms with Crippen LogP contribution >= 0.6 is 24.2 Å². The maximum Gasteiger partial charge on any atom is 0.248 e. The second-order valence-electron chi connectivity index (χ2n) is 6.84. The van der Waals surface area contributed by atoms with Gasteiger partial charge in [-0.05, 0) is 63.2 Å². The van der Waals surface area contributed by atoms with E-state index in [0.29, 0.717) is 11.6 Å². The molecule has 1 atom stereocenters. The van der Waals surface area contributed by atoms with Gasteiger partial charge >= 0.3 is 0 Å². The first-order valence-electron chi connectivity index (χ1n) is 8.86. The number of carbonyl (C=O) groups excluding carboxylic acids is 1. The van der Waals surface area contributed by atoms with E-state index in [1.165, 1.54) is 41.4 Å². The van der Waals surface area contributed by atoms with E-state index in [0.717, 1.165) is 12.2 Å². The fraction of sp³-hybridized carbons (Fsp3) is 0.350. The summed E-state index contributed by atoms with van der Waals surface area (Å²) in [7, 11) is 0. The molecular formula is C20H24ClN3OS. The molecule has 2 aromatic carbocycles. The molecule has 1 fully saturated rings. The summed E-state index contributed by atoms with van der Waals surface area (Å²) in [6.07, 6.45) is 2.59. The molecule has 0 aromatic heterocycles. The number of anilines is 2. The van der Waals surface area contributed by atoms with Crippen molar-refractivity contribution in [2.45, 2.75) is 35.6 Å². The number of fused-ring (bicyclic) bond motifs is 2. The summed E-state index contributed by atoms with van der Waals surface area (Å²) in [5, 5.41) is 0. The van der Waals surface area contributed by atoms with Crippen LogP contribution in [0.2, 0.25) is 0 Å². The molecule has 1 amide bonds. The van der Waals surface area contributed by atoms with Gasteiger partial charge in [0.05, 0.1) is 11.4 Å². The number of rotatable bonds is 4. The van der Waals surface area contributed by atoms with Crippen LogP contribution in [0.3, 0.4) is 0 Å². The minimum absolute atomic E-state index is 0. The monoisotopic (exact) mass is 389 g/mol. The highest BCUT2D eigenvalue weighted by Gasteiger charge is 2.29. The number of benzene rings is 2. The zero-order valence-corrected chi connectivity index (χ0v) is 16.5. The maximum atomic E-state index is 11.7. The standard InChI is InChI=1S/C20H23N3OS.ClH/c1-14(13-22-10-4-5-11-22)23-16-6-2-3-7-18(16)25-19-9-8-15(20(21)24)12-17(19)23;/h2-3,6-9,12,14H,4-5,10-11,13H2,1H3,(H2,21,24);1H. The number of primary amides is 1. The van der Waals surface area contributed by atoms with E-state index in [2.05, 4.69) is 41.0 Å². The zero-order chi connectivity index (χ0) is 17.4. The van der Waals surface area contributed by atoms with Gasteiger partial charge < -0.3 is 15.5 Å². The third kappa shape index (κ3) is 3.56. The maximum absolute atomic E-state index is 11.7. The van der Waals surface area contributed by atoms with Crippen LogP contribution in [0.4, 0.5) is 11.4 Å². The second kappa shape index (κ2) is 7.91. The molecule has 2 N–H and O–H groups in total.